The normalized spacial score (nSPS) is 21.0. The van der Waals surface area contributed by atoms with Gasteiger partial charge in [0.15, 0.2) is 0 Å². The zero-order valence-electron chi connectivity index (χ0n) is 14.6. The number of hydrogen-bond donors (Lipinski definition) is 1. The molecule has 2 aromatic rings. The van der Waals surface area contributed by atoms with Gasteiger partial charge < -0.3 is 5.32 Å². The number of aryl methyl sites for hydroxylation is 2. The molecule has 2 aliphatic carbocycles. The van der Waals surface area contributed by atoms with Gasteiger partial charge >= 0.3 is 0 Å². The maximum Gasteiger partial charge on any atom is 0.251 e. The first-order chi connectivity index (χ1) is 11.5. The molecule has 2 aromatic carbocycles. The van der Waals surface area contributed by atoms with Crippen molar-refractivity contribution in [1.82, 2.24) is 5.32 Å². The number of fused-ring (bicyclic) bond motifs is 3. The number of carbonyl (C=O) groups excluding carboxylic acids is 1. The highest BCUT2D eigenvalue weighted by Crippen LogP contribution is 2.37. The van der Waals surface area contributed by atoms with Crippen LogP contribution in [0, 0.1) is 5.41 Å². The van der Waals surface area contributed by atoms with Crippen molar-refractivity contribution >= 4 is 5.91 Å². The van der Waals surface area contributed by atoms with Crippen LogP contribution in [0.1, 0.15) is 54.6 Å². The summed E-state index contributed by atoms with van der Waals surface area (Å²) in [6, 6.07) is 15.1. The smallest absolute Gasteiger partial charge is 0.251 e. The second-order valence-corrected chi connectivity index (χ2v) is 8.11. The topological polar surface area (TPSA) is 29.1 Å². The van der Waals surface area contributed by atoms with E-state index in [9.17, 15) is 4.79 Å². The van der Waals surface area contributed by atoms with Crippen molar-refractivity contribution in [2.45, 2.75) is 52.0 Å². The third-order valence-electron chi connectivity index (χ3n) is 5.64. The van der Waals surface area contributed by atoms with Crippen LogP contribution >= 0.6 is 0 Å². The maximum absolute atomic E-state index is 12.6. The lowest BCUT2D eigenvalue weighted by Gasteiger charge is -2.21. The average Bonchev–Trinajstić information content (AvgIpc) is 2.92. The molecule has 124 valence electrons. The summed E-state index contributed by atoms with van der Waals surface area (Å²) in [7, 11) is 0. The van der Waals surface area contributed by atoms with Crippen molar-refractivity contribution in [3.05, 3.63) is 59.2 Å². The third-order valence-corrected chi connectivity index (χ3v) is 5.64. The molecule has 1 N–H and O–H groups in total. The fourth-order valence-corrected chi connectivity index (χ4v) is 4.30. The van der Waals surface area contributed by atoms with Gasteiger partial charge in [-0.05, 0) is 71.9 Å². The Morgan fingerprint density at radius 3 is 2.58 bits per heavy atom. The Kier molecular flexibility index (Phi) is 3.71. The summed E-state index contributed by atoms with van der Waals surface area (Å²) in [6.45, 7) is 4.57. The standard InChI is InChI=1S/C22H25NO/c1-22(2)12-11-18(14-22)23-21(24)17-9-10-20-16(13-17)8-7-15-5-3-4-6-19(15)20/h3-6,9-10,13,18H,7-8,11-12,14H2,1-2H3,(H,23,24). The van der Waals surface area contributed by atoms with E-state index in [2.05, 4.69) is 55.6 Å². The van der Waals surface area contributed by atoms with Crippen molar-refractivity contribution in [2.24, 2.45) is 5.41 Å². The van der Waals surface area contributed by atoms with E-state index in [0.29, 0.717) is 11.5 Å². The van der Waals surface area contributed by atoms with E-state index in [0.717, 1.165) is 31.2 Å². The minimum atomic E-state index is 0.0827. The van der Waals surface area contributed by atoms with Crippen molar-refractivity contribution in [3.8, 4) is 11.1 Å². The van der Waals surface area contributed by atoms with Gasteiger partial charge in [0.2, 0.25) is 0 Å². The lowest BCUT2D eigenvalue weighted by Crippen LogP contribution is -2.33. The van der Waals surface area contributed by atoms with Crippen molar-refractivity contribution in [2.75, 3.05) is 0 Å². The summed E-state index contributed by atoms with van der Waals surface area (Å²) in [6.07, 6.45) is 5.45. The molecule has 0 spiro atoms. The van der Waals surface area contributed by atoms with E-state index < -0.39 is 0 Å². The molecule has 0 bridgehead atoms. The molecule has 1 amide bonds. The van der Waals surface area contributed by atoms with Crippen LogP contribution in [0.5, 0.6) is 0 Å². The van der Waals surface area contributed by atoms with Crippen LogP contribution in [0.15, 0.2) is 42.5 Å². The molecule has 2 heteroatoms. The number of carbonyl (C=O) groups is 1. The number of benzene rings is 2. The molecule has 0 heterocycles. The van der Waals surface area contributed by atoms with Crippen LogP contribution in [0.3, 0.4) is 0 Å². The average molecular weight is 319 g/mol. The molecule has 24 heavy (non-hydrogen) atoms. The SMILES string of the molecule is CC1(C)CCC(NC(=O)c2ccc3c(c2)CCc2ccccc2-3)C1. The molecule has 1 unspecified atom stereocenters. The first kappa shape index (κ1) is 15.4. The minimum absolute atomic E-state index is 0.0827. The third kappa shape index (κ3) is 2.86. The van der Waals surface area contributed by atoms with Gasteiger partial charge in [-0.3, -0.25) is 4.79 Å². The monoisotopic (exact) mass is 319 g/mol. The lowest BCUT2D eigenvalue weighted by atomic mass is 9.85. The Balaban J connectivity index is 1.55. The molecule has 0 aliphatic heterocycles. The molecule has 2 aliphatic rings. The Morgan fingerprint density at radius 2 is 1.79 bits per heavy atom. The Hall–Kier alpha value is -2.09. The van der Waals surface area contributed by atoms with Crippen LogP contribution in [0.25, 0.3) is 11.1 Å². The van der Waals surface area contributed by atoms with E-state index in [1.165, 1.54) is 28.7 Å². The van der Waals surface area contributed by atoms with Crippen molar-refractivity contribution in [1.29, 1.82) is 0 Å². The van der Waals surface area contributed by atoms with Crippen LogP contribution < -0.4 is 5.32 Å². The quantitative estimate of drug-likeness (QED) is 0.849. The van der Waals surface area contributed by atoms with E-state index in [-0.39, 0.29) is 5.91 Å². The van der Waals surface area contributed by atoms with Crippen molar-refractivity contribution < 1.29 is 4.79 Å². The fraction of sp³-hybridized carbons (Fsp3) is 0.409. The second-order valence-electron chi connectivity index (χ2n) is 8.11. The largest absolute Gasteiger partial charge is 0.349 e. The van der Waals surface area contributed by atoms with E-state index in [1.807, 2.05) is 6.07 Å². The van der Waals surface area contributed by atoms with Gasteiger partial charge in [-0.2, -0.15) is 0 Å². The molecule has 0 saturated heterocycles. The van der Waals surface area contributed by atoms with E-state index >= 15 is 0 Å². The summed E-state index contributed by atoms with van der Waals surface area (Å²) in [4.78, 5) is 12.6. The Bertz CT molecular complexity index is 790. The Labute approximate surface area is 144 Å². The van der Waals surface area contributed by atoms with Crippen LogP contribution in [-0.2, 0) is 12.8 Å². The van der Waals surface area contributed by atoms with Gasteiger partial charge in [0.1, 0.15) is 0 Å². The van der Waals surface area contributed by atoms with E-state index in [1.54, 1.807) is 0 Å². The van der Waals surface area contributed by atoms with Crippen LogP contribution in [0.4, 0.5) is 0 Å². The molecule has 1 atom stereocenters. The van der Waals surface area contributed by atoms with E-state index in [4.69, 9.17) is 0 Å². The van der Waals surface area contributed by atoms with Gasteiger partial charge in [-0.1, -0.05) is 44.2 Å². The molecular weight excluding hydrogens is 294 g/mol. The molecule has 1 fully saturated rings. The number of rotatable bonds is 2. The van der Waals surface area contributed by atoms with Gasteiger partial charge in [-0.15, -0.1) is 0 Å². The van der Waals surface area contributed by atoms with Gasteiger partial charge in [-0.25, -0.2) is 0 Å². The second kappa shape index (κ2) is 5.77. The van der Waals surface area contributed by atoms with Crippen LogP contribution in [-0.4, -0.2) is 11.9 Å². The summed E-state index contributed by atoms with van der Waals surface area (Å²) >= 11 is 0. The highest BCUT2D eigenvalue weighted by Gasteiger charge is 2.31. The molecule has 0 aromatic heterocycles. The van der Waals surface area contributed by atoms with Crippen LogP contribution in [0.2, 0.25) is 0 Å². The summed E-state index contributed by atoms with van der Waals surface area (Å²) in [5, 5.41) is 3.24. The molecule has 0 radical (unpaired) electrons. The predicted molar refractivity (Wildman–Crippen MR) is 98.2 cm³/mol. The summed E-state index contributed by atoms with van der Waals surface area (Å²) in [5.41, 5.74) is 6.48. The van der Waals surface area contributed by atoms with Gasteiger partial charge in [0, 0.05) is 11.6 Å². The zero-order chi connectivity index (χ0) is 16.7. The zero-order valence-corrected chi connectivity index (χ0v) is 14.6. The van der Waals surface area contributed by atoms with Gasteiger partial charge in [0.25, 0.3) is 5.91 Å². The fourth-order valence-electron chi connectivity index (χ4n) is 4.30. The number of amides is 1. The number of hydrogen-bond acceptors (Lipinski definition) is 1. The minimum Gasteiger partial charge on any atom is -0.349 e. The summed E-state index contributed by atoms with van der Waals surface area (Å²) < 4.78 is 0. The molecular formula is C22H25NO. The Morgan fingerprint density at radius 1 is 1.04 bits per heavy atom. The van der Waals surface area contributed by atoms with Gasteiger partial charge in [0.05, 0.1) is 0 Å². The summed E-state index contributed by atoms with van der Waals surface area (Å²) in [5.74, 6) is 0.0827. The lowest BCUT2D eigenvalue weighted by molar-refractivity contribution is 0.0936. The molecule has 4 rings (SSSR count). The molecule has 2 nitrogen and oxygen atoms in total. The first-order valence-electron chi connectivity index (χ1n) is 9.04. The highest BCUT2D eigenvalue weighted by atomic mass is 16.1. The maximum atomic E-state index is 12.6. The highest BCUT2D eigenvalue weighted by molar-refractivity contribution is 5.95. The first-order valence-corrected chi connectivity index (χ1v) is 9.04. The number of nitrogens with one attached hydrogen (secondary N) is 1. The molecule has 1 saturated carbocycles. The van der Waals surface area contributed by atoms with Crippen molar-refractivity contribution in [3.63, 3.8) is 0 Å². The predicted octanol–water partition coefficient (Wildman–Crippen LogP) is 4.76.